The second-order valence-electron chi connectivity index (χ2n) is 8.23. The van der Waals surface area contributed by atoms with Gasteiger partial charge in [0.25, 0.3) is 11.8 Å². The number of nitrogens with one attached hydrogen (secondary N) is 2. The van der Waals surface area contributed by atoms with E-state index in [4.69, 9.17) is 0 Å². The molecule has 4 heterocycles. The molecule has 9 nitrogen and oxygen atoms in total. The van der Waals surface area contributed by atoms with E-state index in [1.54, 1.807) is 18.3 Å². The third-order valence-electron chi connectivity index (χ3n) is 6.31. The van der Waals surface area contributed by atoms with Crippen molar-refractivity contribution in [3.05, 3.63) is 65.0 Å². The van der Waals surface area contributed by atoms with Gasteiger partial charge in [0.15, 0.2) is 0 Å². The van der Waals surface area contributed by atoms with Crippen LogP contribution in [0.4, 0.5) is 0 Å². The first-order valence-electron chi connectivity index (χ1n) is 10.7. The number of pyridine rings is 1. The minimum atomic E-state index is -0.964. The monoisotopic (exact) mass is 433 g/mol. The summed E-state index contributed by atoms with van der Waals surface area (Å²) in [5.41, 5.74) is 2.35. The van der Waals surface area contributed by atoms with E-state index in [-0.39, 0.29) is 24.8 Å². The van der Waals surface area contributed by atoms with Crippen molar-refractivity contribution in [3.8, 4) is 0 Å². The van der Waals surface area contributed by atoms with E-state index in [2.05, 4.69) is 20.5 Å². The predicted molar refractivity (Wildman–Crippen MR) is 113 cm³/mol. The number of piperidine rings is 1. The lowest BCUT2D eigenvalue weighted by molar-refractivity contribution is -0.136. The number of aromatic nitrogens is 1. The van der Waals surface area contributed by atoms with Crippen LogP contribution in [0.3, 0.4) is 0 Å². The van der Waals surface area contributed by atoms with Gasteiger partial charge in [-0.25, -0.2) is 0 Å². The Morgan fingerprint density at radius 2 is 1.88 bits per heavy atom. The van der Waals surface area contributed by atoms with Crippen molar-refractivity contribution in [1.29, 1.82) is 0 Å². The molecular weight excluding hydrogens is 410 g/mol. The highest BCUT2D eigenvalue weighted by atomic mass is 16.2. The van der Waals surface area contributed by atoms with Crippen molar-refractivity contribution in [2.45, 2.75) is 31.5 Å². The summed E-state index contributed by atoms with van der Waals surface area (Å²) in [7, 11) is 0. The van der Waals surface area contributed by atoms with Gasteiger partial charge in [-0.15, -0.1) is 0 Å². The van der Waals surface area contributed by atoms with Gasteiger partial charge >= 0.3 is 0 Å². The van der Waals surface area contributed by atoms with Gasteiger partial charge in [0.05, 0.1) is 22.9 Å². The zero-order chi connectivity index (χ0) is 22.2. The van der Waals surface area contributed by atoms with Crippen LogP contribution in [0.15, 0.2) is 42.6 Å². The molecule has 2 atom stereocenters. The molecule has 0 radical (unpaired) electrons. The van der Waals surface area contributed by atoms with E-state index >= 15 is 0 Å². The normalized spacial score (nSPS) is 23.9. The summed E-state index contributed by atoms with van der Waals surface area (Å²) < 4.78 is 0. The molecule has 0 aliphatic carbocycles. The highest BCUT2D eigenvalue weighted by molar-refractivity contribution is 6.24. The van der Waals surface area contributed by atoms with Crippen molar-refractivity contribution in [3.63, 3.8) is 0 Å². The second kappa shape index (κ2) is 8.25. The third-order valence-corrected chi connectivity index (χ3v) is 6.31. The molecule has 2 saturated heterocycles. The Morgan fingerprint density at radius 1 is 1.00 bits per heavy atom. The highest BCUT2D eigenvalue weighted by Crippen LogP contribution is 2.32. The van der Waals surface area contributed by atoms with Crippen molar-refractivity contribution in [1.82, 2.24) is 25.4 Å². The standard InChI is InChI=1S/C23H23N5O4/c29-19-8-7-17(21(30)26-19)28-22(31)15-5-3-4-14(20(15)23(28)32)13-27-11-10-24-12-18(27)16-6-1-2-9-25-16/h1-6,9,17-18,24H,7-8,10-13H2,(H,26,29,30). The fraction of sp³-hybridized carbons (Fsp3) is 0.348. The molecule has 0 saturated carbocycles. The van der Waals surface area contributed by atoms with Crippen LogP contribution in [0.2, 0.25) is 0 Å². The minimum Gasteiger partial charge on any atom is -0.313 e. The first-order chi connectivity index (χ1) is 15.5. The molecule has 0 bridgehead atoms. The zero-order valence-electron chi connectivity index (χ0n) is 17.4. The minimum absolute atomic E-state index is 0.0410. The number of benzene rings is 1. The molecule has 164 valence electrons. The van der Waals surface area contributed by atoms with Crippen LogP contribution < -0.4 is 10.6 Å². The van der Waals surface area contributed by atoms with Crippen molar-refractivity contribution in [2.24, 2.45) is 0 Å². The van der Waals surface area contributed by atoms with Crippen LogP contribution in [-0.4, -0.2) is 64.1 Å². The maximum Gasteiger partial charge on any atom is 0.262 e. The topological polar surface area (TPSA) is 112 Å². The van der Waals surface area contributed by atoms with Crippen LogP contribution in [0, 0.1) is 0 Å². The lowest BCUT2D eigenvalue weighted by Gasteiger charge is -2.36. The lowest BCUT2D eigenvalue weighted by atomic mass is 10.0. The average Bonchev–Trinajstić information content (AvgIpc) is 3.06. The number of carbonyl (C=O) groups excluding carboxylic acids is 4. The zero-order valence-corrected chi connectivity index (χ0v) is 17.4. The Morgan fingerprint density at radius 3 is 2.66 bits per heavy atom. The van der Waals surface area contributed by atoms with Gasteiger partial charge in [0, 0.05) is 38.8 Å². The summed E-state index contributed by atoms with van der Waals surface area (Å²) in [5.74, 6) is -1.94. The van der Waals surface area contributed by atoms with Crippen molar-refractivity contribution in [2.75, 3.05) is 19.6 Å². The van der Waals surface area contributed by atoms with Gasteiger partial charge in [-0.05, 0) is 30.2 Å². The quantitative estimate of drug-likeness (QED) is 0.680. The molecule has 3 aliphatic rings. The van der Waals surface area contributed by atoms with E-state index in [0.717, 1.165) is 35.8 Å². The van der Waals surface area contributed by atoms with Crippen LogP contribution in [-0.2, 0) is 16.1 Å². The molecule has 9 heteroatoms. The molecule has 0 spiro atoms. The van der Waals surface area contributed by atoms with Crippen LogP contribution >= 0.6 is 0 Å². The van der Waals surface area contributed by atoms with E-state index in [1.165, 1.54) is 0 Å². The van der Waals surface area contributed by atoms with E-state index < -0.39 is 23.8 Å². The molecule has 32 heavy (non-hydrogen) atoms. The number of hydrogen-bond acceptors (Lipinski definition) is 7. The first-order valence-corrected chi connectivity index (χ1v) is 10.7. The molecule has 4 amide bonds. The first kappa shape index (κ1) is 20.5. The Labute approximate surface area is 184 Å². The van der Waals surface area contributed by atoms with Crippen LogP contribution in [0.25, 0.3) is 0 Å². The SMILES string of the molecule is O=C1CCC(N2C(=O)c3cccc(CN4CCNCC4c4ccccn4)c3C2=O)C(=O)N1. The molecular formula is C23H23N5O4. The molecule has 2 unspecified atom stereocenters. The third kappa shape index (κ3) is 3.49. The summed E-state index contributed by atoms with van der Waals surface area (Å²) in [6, 6.07) is 10.1. The molecule has 1 aromatic carbocycles. The number of imide groups is 2. The maximum atomic E-state index is 13.3. The Hall–Kier alpha value is -3.43. The predicted octanol–water partition coefficient (Wildman–Crippen LogP) is 0.629. The Balaban J connectivity index is 1.44. The van der Waals surface area contributed by atoms with Crippen LogP contribution in [0.1, 0.15) is 50.9 Å². The summed E-state index contributed by atoms with van der Waals surface area (Å²) >= 11 is 0. The largest absolute Gasteiger partial charge is 0.313 e. The highest BCUT2D eigenvalue weighted by Gasteiger charge is 2.45. The number of carbonyl (C=O) groups is 4. The van der Waals surface area contributed by atoms with E-state index in [9.17, 15) is 19.2 Å². The van der Waals surface area contributed by atoms with Gasteiger partial charge in [-0.2, -0.15) is 0 Å². The number of amides is 4. The fourth-order valence-electron chi connectivity index (χ4n) is 4.74. The average molecular weight is 433 g/mol. The molecule has 2 fully saturated rings. The number of rotatable bonds is 4. The Bertz CT molecular complexity index is 1100. The van der Waals surface area contributed by atoms with Gasteiger partial charge in [0.1, 0.15) is 6.04 Å². The molecule has 1 aromatic heterocycles. The van der Waals surface area contributed by atoms with Crippen molar-refractivity contribution >= 4 is 23.6 Å². The molecule has 2 aromatic rings. The number of piperazine rings is 1. The van der Waals surface area contributed by atoms with E-state index in [1.807, 2.05) is 24.3 Å². The Kier molecular flexibility index (Phi) is 5.28. The smallest absolute Gasteiger partial charge is 0.262 e. The van der Waals surface area contributed by atoms with Crippen molar-refractivity contribution < 1.29 is 19.2 Å². The molecule has 2 N–H and O–H groups in total. The number of hydrogen-bond donors (Lipinski definition) is 2. The summed E-state index contributed by atoms with van der Waals surface area (Å²) in [6.07, 6.45) is 2.01. The number of fused-ring (bicyclic) bond motifs is 1. The maximum absolute atomic E-state index is 13.3. The van der Waals surface area contributed by atoms with Crippen LogP contribution in [0.5, 0.6) is 0 Å². The summed E-state index contributed by atoms with van der Waals surface area (Å²) in [6.45, 7) is 2.80. The summed E-state index contributed by atoms with van der Waals surface area (Å²) in [5, 5.41) is 5.63. The number of nitrogens with zero attached hydrogens (tertiary/aromatic N) is 3. The van der Waals surface area contributed by atoms with Gasteiger partial charge in [0.2, 0.25) is 11.8 Å². The van der Waals surface area contributed by atoms with Gasteiger partial charge < -0.3 is 5.32 Å². The van der Waals surface area contributed by atoms with E-state index in [0.29, 0.717) is 17.7 Å². The fourth-order valence-corrected chi connectivity index (χ4v) is 4.74. The molecule has 5 rings (SSSR count). The molecule has 3 aliphatic heterocycles. The van der Waals surface area contributed by atoms with Gasteiger partial charge in [-0.3, -0.25) is 39.3 Å². The van der Waals surface area contributed by atoms with Gasteiger partial charge in [-0.1, -0.05) is 18.2 Å². The lowest BCUT2D eigenvalue weighted by Crippen LogP contribution is -2.54. The summed E-state index contributed by atoms with van der Waals surface area (Å²) in [4.78, 5) is 58.0. The second-order valence-corrected chi connectivity index (χ2v) is 8.23.